The van der Waals surface area contributed by atoms with Gasteiger partial charge in [0, 0.05) is 0 Å². The van der Waals surface area contributed by atoms with Crippen molar-refractivity contribution < 1.29 is 19.4 Å². The Hall–Kier alpha value is -3.08. The quantitative estimate of drug-likeness (QED) is 0.529. The maximum Gasteiger partial charge on any atom is 0.415 e. The minimum atomic E-state index is -0.453. The Labute approximate surface area is 125 Å². The lowest BCUT2D eigenvalue weighted by Crippen LogP contribution is -2.74. The minimum Gasteiger partial charge on any atom is -0.288 e. The highest BCUT2D eigenvalue weighted by Crippen LogP contribution is 2.30. The Morgan fingerprint density at radius 3 is 2.59 bits per heavy atom. The first-order chi connectivity index (χ1) is 10.6. The second-order valence-electron chi connectivity index (χ2n) is 5.29. The lowest BCUT2D eigenvalue weighted by atomic mass is 9.85. The summed E-state index contributed by atoms with van der Waals surface area (Å²) < 4.78 is 0. The number of rotatable bonds is 1. The number of benzene rings is 1. The van der Waals surface area contributed by atoms with E-state index in [0.29, 0.717) is 16.9 Å². The molecule has 5 heteroatoms. The monoisotopic (exact) mass is 291 g/mol. The number of hydrogen-bond acceptors (Lipinski definition) is 3. The van der Waals surface area contributed by atoms with Gasteiger partial charge in [0.15, 0.2) is 0 Å². The van der Waals surface area contributed by atoms with Crippen molar-refractivity contribution >= 4 is 29.5 Å². The van der Waals surface area contributed by atoms with Gasteiger partial charge in [-0.25, -0.2) is 4.79 Å². The third-order valence-corrected chi connectivity index (χ3v) is 3.97. The molecule has 0 bridgehead atoms. The van der Waals surface area contributed by atoms with Gasteiger partial charge in [-0.05, 0) is 11.6 Å². The Morgan fingerprint density at radius 2 is 1.82 bits per heavy atom. The second kappa shape index (κ2) is 4.46. The highest BCUT2D eigenvalue weighted by atomic mass is 16.2. The van der Waals surface area contributed by atoms with Crippen LogP contribution in [0.5, 0.6) is 0 Å². The molecule has 4 rings (SSSR count). The van der Waals surface area contributed by atoms with E-state index in [9.17, 15) is 14.4 Å². The molecule has 0 saturated carbocycles. The van der Waals surface area contributed by atoms with E-state index in [0.717, 1.165) is 5.56 Å². The van der Waals surface area contributed by atoms with E-state index in [4.69, 9.17) is 0 Å². The maximum absolute atomic E-state index is 12.2. The number of fused-ring (bicyclic) bond motifs is 2. The fourth-order valence-electron chi connectivity index (χ4n) is 2.96. The van der Waals surface area contributed by atoms with Crippen molar-refractivity contribution in [3.8, 4) is 0 Å². The molecule has 1 atom stereocenters. The number of carbonyl (C=O) groups excluding carboxylic acids is 3. The van der Waals surface area contributed by atoms with Crippen LogP contribution in [0.3, 0.4) is 0 Å². The molecule has 3 amide bonds. The zero-order chi connectivity index (χ0) is 15.3. The van der Waals surface area contributed by atoms with E-state index < -0.39 is 11.8 Å². The molecular formula is C17H11N2O3+. The van der Waals surface area contributed by atoms with Crippen molar-refractivity contribution in [3.05, 3.63) is 64.8 Å². The Morgan fingerprint density at radius 1 is 1.05 bits per heavy atom. The second-order valence-corrected chi connectivity index (χ2v) is 5.29. The summed E-state index contributed by atoms with van der Waals surface area (Å²) in [5, 5.41) is 2.26. The van der Waals surface area contributed by atoms with Crippen LogP contribution in [0.2, 0.25) is 0 Å². The number of nitrogens with one attached hydrogen (secondary N) is 2. The predicted molar refractivity (Wildman–Crippen MR) is 78.2 cm³/mol. The summed E-state index contributed by atoms with van der Waals surface area (Å²) >= 11 is 0. The molecule has 0 aromatic heterocycles. The fraction of sp³-hybridized carbons (Fsp3) is 0.0588. The summed E-state index contributed by atoms with van der Waals surface area (Å²) in [5.41, 5.74) is 2.57. The van der Waals surface area contributed by atoms with Gasteiger partial charge >= 0.3 is 5.91 Å². The summed E-state index contributed by atoms with van der Waals surface area (Å²) in [4.78, 5) is 38.6. The maximum atomic E-state index is 12.2. The molecule has 2 heterocycles. The van der Waals surface area contributed by atoms with Crippen molar-refractivity contribution in [2.75, 3.05) is 0 Å². The van der Waals surface area contributed by atoms with Crippen molar-refractivity contribution in [1.82, 2.24) is 5.32 Å². The lowest BCUT2D eigenvalue weighted by Gasteiger charge is -2.09. The van der Waals surface area contributed by atoms with Crippen LogP contribution >= 0.6 is 0 Å². The van der Waals surface area contributed by atoms with E-state index in [-0.39, 0.29) is 17.4 Å². The molecule has 0 fully saturated rings. The van der Waals surface area contributed by atoms with Crippen molar-refractivity contribution in [1.29, 1.82) is 0 Å². The number of hydrogen-bond donors (Lipinski definition) is 2. The predicted octanol–water partition coefficient (Wildman–Crippen LogP) is -0.729. The molecule has 2 aliphatic heterocycles. The highest BCUT2D eigenvalue weighted by molar-refractivity contribution is 6.36. The third kappa shape index (κ3) is 1.72. The molecule has 2 N–H and O–H groups in total. The average Bonchev–Trinajstić information content (AvgIpc) is 2.98. The van der Waals surface area contributed by atoms with Gasteiger partial charge in [0.05, 0.1) is 17.1 Å². The Bertz CT molecular complexity index is 857. The molecule has 22 heavy (non-hydrogen) atoms. The van der Waals surface area contributed by atoms with Gasteiger partial charge in [0.2, 0.25) is 5.71 Å². The van der Waals surface area contributed by atoms with E-state index in [1.54, 1.807) is 18.2 Å². The van der Waals surface area contributed by atoms with Crippen molar-refractivity contribution in [2.45, 2.75) is 0 Å². The van der Waals surface area contributed by atoms with Gasteiger partial charge in [0.25, 0.3) is 11.8 Å². The lowest BCUT2D eigenvalue weighted by molar-refractivity contribution is -0.366. The number of amides is 3. The Balaban J connectivity index is 1.79. The van der Waals surface area contributed by atoms with Crippen LogP contribution < -0.4 is 10.3 Å². The SMILES string of the molecule is O=C1NC(=O)C2=C1C=CC1C2=[NH+]C(=O)/C1=C\c1ccccc1. The minimum absolute atomic E-state index is 0.241. The summed E-state index contributed by atoms with van der Waals surface area (Å²) in [6.07, 6.45) is 5.19. The van der Waals surface area contributed by atoms with Crippen molar-refractivity contribution in [2.24, 2.45) is 5.92 Å². The molecule has 0 radical (unpaired) electrons. The highest BCUT2D eigenvalue weighted by Gasteiger charge is 2.48. The number of allylic oxidation sites excluding steroid dienone is 1. The standard InChI is InChI=1S/C17H10N2O3/c20-15-11-7-6-10-12(8-9-4-2-1-3-5-9)16(21)18-14(10)13(11)17(22)19-15/h1-8,10H,(H,19,20,22)/p+1/b12-8-. The van der Waals surface area contributed by atoms with Crippen LogP contribution in [0.15, 0.2) is 59.2 Å². The molecule has 3 aliphatic rings. The van der Waals surface area contributed by atoms with E-state index >= 15 is 0 Å². The van der Waals surface area contributed by atoms with Crippen LogP contribution in [-0.2, 0) is 14.4 Å². The van der Waals surface area contributed by atoms with Crippen molar-refractivity contribution in [3.63, 3.8) is 0 Å². The zero-order valence-electron chi connectivity index (χ0n) is 11.4. The summed E-state index contributed by atoms with van der Waals surface area (Å²) in [6, 6.07) is 9.50. The smallest absolute Gasteiger partial charge is 0.288 e. The van der Waals surface area contributed by atoms with E-state index in [1.807, 2.05) is 30.3 Å². The Kier molecular flexibility index (Phi) is 2.56. The third-order valence-electron chi connectivity index (χ3n) is 3.97. The molecule has 106 valence electrons. The van der Waals surface area contributed by atoms with Gasteiger partial charge in [-0.1, -0.05) is 42.5 Å². The summed E-state index contributed by atoms with van der Waals surface area (Å²) in [7, 11) is 0. The number of carbonyl (C=O) groups is 3. The van der Waals surface area contributed by atoms with Crippen LogP contribution in [0.4, 0.5) is 0 Å². The van der Waals surface area contributed by atoms with Crippen LogP contribution in [-0.4, -0.2) is 23.4 Å². The first-order valence-corrected chi connectivity index (χ1v) is 6.88. The van der Waals surface area contributed by atoms with Crippen LogP contribution in [0.1, 0.15) is 5.56 Å². The molecule has 1 aromatic rings. The van der Waals surface area contributed by atoms with E-state index in [1.165, 1.54) is 0 Å². The normalized spacial score (nSPS) is 24.5. The molecule has 1 aromatic carbocycles. The first kappa shape index (κ1) is 12.6. The number of imide groups is 1. The van der Waals surface area contributed by atoms with Gasteiger partial charge < -0.3 is 0 Å². The van der Waals surface area contributed by atoms with Crippen LogP contribution in [0.25, 0.3) is 6.08 Å². The van der Waals surface area contributed by atoms with Gasteiger partial charge in [-0.3, -0.25) is 14.9 Å². The summed E-state index contributed by atoms with van der Waals surface area (Å²) in [5.74, 6) is -1.43. The molecule has 0 spiro atoms. The average molecular weight is 291 g/mol. The fourth-order valence-corrected chi connectivity index (χ4v) is 2.96. The molecule has 5 nitrogen and oxygen atoms in total. The largest absolute Gasteiger partial charge is 0.415 e. The molecule has 1 unspecified atom stereocenters. The molecule has 0 saturated heterocycles. The first-order valence-electron chi connectivity index (χ1n) is 6.88. The topological polar surface area (TPSA) is 77.2 Å². The molecular weight excluding hydrogens is 280 g/mol. The van der Waals surface area contributed by atoms with E-state index in [2.05, 4.69) is 10.3 Å². The van der Waals surface area contributed by atoms with Gasteiger partial charge in [0.1, 0.15) is 5.57 Å². The summed E-state index contributed by atoms with van der Waals surface area (Å²) in [6.45, 7) is 0. The zero-order valence-corrected chi connectivity index (χ0v) is 11.4. The van der Waals surface area contributed by atoms with Gasteiger partial charge in [-0.15, -0.1) is 0 Å². The van der Waals surface area contributed by atoms with Gasteiger partial charge in [-0.2, -0.15) is 4.99 Å². The molecule has 1 aliphatic carbocycles. The van der Waals surface area contributed by atoms with Crippen LogP contribution in [0, 0.1) is 5.92 Å².